The summed E-state index contributed by atoms with van der Waals surface area (Å²) < 4.78 is 4.88. The van der Waals surface area contributed by atoms with Crippen molar-refractivity contribution in [2.45, 2.75) is 32.1 Å². The molecule has 0 rings (SSSR count). The first-order valence-corrected chi connectivity index (χ1v) is 5.84. The molecule has 0 aliphatic carbocycles. The van der Waals surface area contributed by atoms with Crippen LogP contribution in [0, 0.1) is 0 Å². The normalized spacial score (nSPS) is 9.83. The lowest BCUT2D eigenvalue weighted by Gasteiger charge is -2.06. The zero-order valence-corrected chi connectivity index (χ0v) is 10.5. The number of hydrogen-bond donors (Lipinski definition) is 3. The maximum atomic E-state index is 11.2. The van der Waals surface area contributed by atoms with Crippen LogP contribution in [0.5, 0.6) is 0 Å². The fourth-order valence-electron chi connectivity index (χ4n) is 1.20. The Balaban J connectivity index is 3.47. The molecule has 18 heavy (non-hydrogen) atoms. The number of ether oxygens (including phenoxy) is 1. The molecule has 0 fully saturated rings. The molecule has 0 spiro atoms. The fraction of sp³-hybridized carbons (Fsp3) is 0.727. The predicted octanol–water partition coefficient (Wildman–Crippen LogP) is 0.494. The molecule has 0 aliphatic rings. The average molecular weight is 260 g/mol. The van der Waals surface area contributed by atoms with E-state index in [1.165, 1.54) is 0 Å². The number of urea groups is 1. The molecular weight excluding hydrogens is 240 g/mol. The van der Waals surface area contributed by atoms with Crippen LogP contribution in [-0.4, -0.2) is 43.3 Å². The van der Waals surface area contributed by atoms with E-state index in [2.05, 4.69) is 10.6 Å². The number of nitrogens with one attached hydrogen (secondary N) is 2. The maximum absolute atomic E-state index is 11.2. The first-order valence-electron chi connectivity index (χ1n) is 5.84. The van der Waals surface area contributed by atoms with E-state index >= 15 is 0 Å². The van der Waals surface area contributed by atoms with Gasteiger partial charge in [-0.3, -0.25) is 14.9 Å². The predicted molar refractivity (Wildman–Crippen MR) is 64.1 cm³/mol. The summed E-state index contributed by atoms with van der Waals surface area (Å²) in [7, 11) is 1.63. The number of methoxy groups -OCH3 is 1. The molecule has 3 amide bonds. The minimum absolute atomic E-state index is 0.198. The van der Waals surface area contributed by atoms with Crippen molar-refractivity contribution in [2.24, 2.45) is 0 Å². The number of hydrogen-bond acceptors (Lipinski definition) is 4. The van der Waals surface area contributed by atoms with Crippen molar-refractivity contribution >= 4 is 17.9 Å². The molecule has 0 unspecified atom stereocenters. The Hall–Kier alpha value is -1.63. The maximum Gasteiger partial charge on any atom is 0.321 e. The molecule has 0 saturated carbocycles. The molecule has 7 nitrogen and oxygen atoms in total. The highest BCUT2D eigenvalue weighted by atomic mass is 16.5. The topological polar surface area (TPSA) is 105 Å². The number of carbonyl (C=O) groups is 3. The first-order chi connectivity index (χ1) is 8.56. The summed E-state index contributed by atoms with van der Waals surface area (Å²) in [5.41, 5.74) is 0. The van der Waals surface area contributed by atoms with E-state index < -0.39 is 17.9 Å². The van der Waals surface area contributed by atoms with E-state index in [1.807, 2.05) is 0 Å². The molecule has 0 aliphatic heterocycles. The Morgan fingerprint density at radius 1 is 1.11 bits per heavy atom. The Labute approximate surface area is 106 Å². The van der Waals surface area contributed by atoms with Gasteiger partial charge in [0.1, 0.15) is 0 Å². The van der Waals surface area contributed by atoms with Gasteiger partial charge in [0, 0.05) is 26.7 Å². The van der Waals surface area contributed by atoms with E-state index in [0.29, 0.717) is 13.2 Å². The van der Waals surface area contributed by atoms with E-state index in [1.54, 1.807) is 7.11 Å². The SMILES string of the molecule is COCCCCCNC(=O)NC(=O)CCC(=O)O. The number of imide groups is 1. The minimum atomic E-state index is -1.07. The number of rotatable bonds is 9. The Morgan fingerprint density at radius 2 is 1.83 bits per heavy atom. The van der Waals surface area contributed by atoms with Crippen LogP contribution in [0.1, 0.15) is 32.1 Å². The monoisotopic (exact) mass is 260 g/mol. The van der Waals surface area contributed by atoms with Crippen molar-refractivity contribution in [3.05, 3.63) is 0 Å². The quantitative estimate of drug-likeness (QED) is 0.523. The lowest BCUT2D eigenvalue weighted by atomic mass is 10.2. The zero-order chi connectivity index (χ0) is 13.8. The van der Waals surface area contributed by atoms with Gasteiger partial charge in [0.25, 0.3) is 0 Å². The van der Waals surface area contributed by atoms with E-state index in [-0.39, 0.29) is 12.8 Å². The molecule has 0 aromatic carbocycles. The van der Waals surface area contributed by atoms with Crippen LogP contribution < -0.4 is 10.6 Å². The highest BCUT2D eigenvalue weighted by Gasteiger charge is 2.08. The highest BCUT2D eigenvalue weighted by Crippen LogP contribution is 1.93. The fourth-order valence-corrected chi connectivity index (χ4v) is 1.20. The van der Waals surface area contributed by atoms with E-state index in [9.17, 15) is 14.4 Å². The van der Waals surface area contributed by atoms with Gasteiger partial charge in [-0.1, -0.05) is 0 Å². The van der Waals surface area contributed by atoms with Gasteiger partial charge in [-0.05, 0) is 19.3 Å². The Morgan fingerprint density at radius 3 is 2.44 bits per heavy atom. The third kappa shape index (κ3) is 10.9. The zero-order valence-electron chi connectivity index (χ0n) is 10.5. The number of aliphatic carboxylic acids is 1. The summed E-state index contributed by atoms with van der Waals surface area (Å²) in [4.78, 5) is 32.4. The molecule has 7 heteroatoms. The summed E-state index contributed by atoms with van der Waals surface area (Å²) in [6.45, 7) is 1.17. The molecule has 0 heterocycles. The molecule has 0 bridgehead atoms. The molecule has 0 aromatic rings. The third-order valence-electron chi connectivity index (χ3n) is 2.13. The lowest BCUT2D eigenvalue weighted by molar-refractivity contribution is -0.138. The number of amides is 3. The second kappa shape index (κ2) is 10.5. The van der Waals surface area contributed by atoms with E-state index in [0.717, 1.165) is 19.3 Å². The summed E-state index contributed by atoms with van der Waals surface area (Å²) >= 11 is 0. The van der Waals surface area contributed by atoms with Crippen molar-refractivity contribution in [1.82, 2.24) is 10.6 Å². The van der Waals surface area contributed by atoms with Crippen molar-refractivity contribution < 1.29 is 24.2 Å². The van der Waals surface area contributed by atoms with Gasteiger partial charge in [0.05, 0.1) is 6.42 Å². The minimum Gasteiger partial charge on any atom is -0.481 e. The molecular formula is C11H20N2O5. The largest absolute Gasteiger partial charge is 0.481 e. The summed E-state index contributed by atoms with van der Waals surface area (Å²) in [5, 5.41) is 12.9. The van der Waals surface area contributed by atoms with Crippen LogP contribution in [0.3, 0.4) is 0 Å². The van der Waals surface area contributed by atoms with Crippen molar-refractivity contribution in [2.75, 3.05) is 20.3 Å². The first kappa shape index (κ1) is 16.4. The van der Waals surface area contributed by atoms with Crippen molar-refractivity contribution in [1.29, 1.82) is 0 Å². The van der Waals surface area contributed by atoms with Crippen LogP contribution in [0.2, 0.25) is 0 Å². The van der Waals surface area contributed by atoms with Gasteiger partial charge in [-0.15, -0.1) is 0 Å². The summed E-state index contributed by atoms with van der Waals surface area (Å²) in [6, 6.07) is -0.586. The average Bonchev–Trinajstić information content (AvgIpc) is 2.31. The Kier molecular flexibility index (Phi) is 9.57. The van der Waals surface area contributed by atoms with E-state index in [4.69, 9.17) is 9.84 Å². The van der Waals surface area contributed by atoms with Gasteiger partial charge < -0.3 is 15.2 Å². The molecule has 0 atom stereocenters. The van der Waals surface area contributed by atoms with Crippen LogP contribution in [0.25, 0.3) is 0 Å². The highest BCUT2D eigenvalue weighted by molar-refractivity contribution is 5.95. The molecule has 104 valence electrons. The lowest BCUT2D eigenvalue weighted by Crippen LogP contribution is -2.39. The van der Waals surface area contributed by atoms with Gasteiger partial charge in [-0.25, -0.2) is 4.79 Å². The number of carbonyl (C=O) groups excluding carboxylic acids is 2. The van der Waals surface area contributed by atoms with Crippen LogP contribution in [0.4, 0.5) is 4.79 Å². The summed E-state index contributed by atoms with van der Waals surface area (Å²) in [6.07, 6.45) is 2.19. The molecule has 3 N–H and O–H groups in total. The van der Waals surface area contributed by atoms with Crippen molar-refractivity contribution in [3.63, 3.8) is 0 Å². The smallest absolute Gasteiger partial charge is 0.321 e. The van der Waals surface area contributed by atoms with Gasteiger partial charge >= 0.3 is 12.0 Å². The number of carboxylic acid groups (broad SMARTS) is 1. The van der Waals surface area contributed by atoms with Gasteiger partial charge in [0.2, 0.25) is 5.91 Å². The summed E-state index contributed by atoms with van der Waals surface area (Å²) in [5.74, 6) is -1.65. The van der Waals surface area contributed by atoms with Gasteiger partial charge in [-0.2, -0.15) is 0 Å². The van der Waals surface area contributed by atoms with Crippen LogP contribution >= 0.6 is 0 Å². The van der Waals surface area contributed by atoms with Crippen molar-refractivity contribution in [3.8, 4) is 0 Å². The third-order valence-corrected chi connectivity index (χ3v) is 2.13. The number of unbranched alkanes of at least 4 members (excludes halogenated alkanes) is 2. The molecule has 0 saturated heterocycles. The van der Waals surface area contributed by atoms with Crippen LogP contribution in [-0.2, 0) is 14.3 Å². The second-order valence-electron chi connectivity index (χ2n) is 3.75. The standard InChI is InChI=1S/C11H20N2O5/c1-18-8-4-2-3-7-12-11(17)13-9(14)5-6-10(15)16/h2-8H2,1H3,(H,15,16)(H2,12,13,14,17). The molecule has 0 radical (unpaired) electrons. The number of carboxylic acids is 1. The molecule has 0 aromatic heterocycles. The van der Waals surface area contributed by atoms with Crippen LogP contribution in [0.15, 0.2) is 0 Å². The van der Waals surface area contributed by atoms with Gasteiger partial charge in [0.15, 0.2) is 0 Å². The Bertz CT molecular complexity index is 281. The second-order valence-corrected chi connectivity index (χ2v) is 3.75.